The van der Waals surface area contributed by atoms with Gasteiger partial charge in [-0.05, 0) is 42.5 Å². The molecule has 0 spiro atoms. The van der Waals surface area contributed by atoms with Crippen molar-refractivity contribution in [3.63, 3.8) is 0 Å². The van der Waals surface area contributed by atoms with Gasteiger partial charge in [-0.3, -0.25) is 4.79 Å². The fourth-order valence-electron chi connectivity index (χ4n) is 3.11. The second kappa shape index (κ2) is 10.00. The molecule has 1 amide bonds. The first-order valence-electron chi connectivity index (χ1n) is 9.81. The standard InChI is InChI=1S/C22H26ClN5OS/c1-14(2)11-16-7-9-17(10-8-16)15(3)25-20(29)13-30-22-27-26-21(28(22)24)18-5-4-6-19(23)12-18/h4-10,12,14-15H,11,13,24H2,1-3H3,(H,25,29). The van der Waals surface area contributed by atoms with E-state index in [2.05, 4.69) is 53.6 Å². The molecule has 158 valence electrons. The molecule has 30 heavy (non-hydrogen) atoms. The van der Waals surface area contributed by atoms with Crippen molar-refractivity contribution in [3.8, 4) is 11.4 Å². The van der Waals surface area contributed by atoms with Crippen LogP contribution in [-0.2, 0) is 11.2 Å². The molecule has 3 aromatic rings. The van der Waals surface area contributed by atoms with Gasteiger partial charge in [0.2, 0.25) is 11.1 Å². The highest BCUT2D eigenvalue weighted by molar-refractivity contribution is 7.99. The number of benzene rings is 2. The molecule has 0 radical (unpaired) electrons. The summed E-state index contributed by atoms with van der Waals surface area (Å²) in [4.78, 5) is 12.4. The molecule has 1 atom stereocenters. The summed E-state index contributed by atoms with van der Waals surface area (Å²) in [6.07, 6.45) is 1.05. The average molecular weight is 444 g/mol. The zero-order valence-corrected chi connectivity index (χ0v) is 18.9. The summed E-state index contributed by atoms with van der Waals surface area (Å²) in [5, 5.41) is 12.3. The number of carbonyl (C=O) groups is 1. The molecule has 0 bridgehead atoms. The smallest absolute Gasteiger partial charge is 0.230 e. The van der Waals surface area contributed by atoms with Gasteiger partial charge >= 0.3 is 0 Å². The summed E-state index contributed by atoms with van der Waals surface area (Å²) in [7, 11) is 0. The molecule has 2 aromatic carbocycles. The summed E-state index contributed by atoms with van der Waals surface area (Å²) in [6.45, 7) is 6.38. The minimum atomic E-state index is -0.0916. The van der Waals surface area contributed by atoms with E-state index in [-0.39, 0.29) is 17.7 Å². The van der Waals surface area contributed by atoms with E-state index in [1.54, 1.807) is 12.1 Å². The van der Waals surface area contributed by atoms with E-state index in [0.29, 0.717) is 21.9 Å². The van der Waals surface area contributed by atoms with Crippen LogP contribution in [0.4, 0.5) is 0 Å². The molecular weight excluding hydrogens is 418 g/mol. The Morgan fingerprint density at radius 2 is 1.90 bits per heavy atom. The second-order valence-corrected chi connectivity index (χ2v) is 8.98. The van der Waals surface area contributed by atoms with Gasteiger partial charge in [-0.2, -0.15) is 0 Å². The molecule has 1 aromatic heterocycles. The lowest BCUT2D eigenvalue weighted by Crippen LogP contribution is -2.28. The summed E-state index contributed by atoms with van der Waals surface area (Å²) < 4.78 is 1.38. The summed E-state index contributed by atoms with van der Waals surface area (Å²) in [5.74, 6) is 7.33. The molecule has 3 rings (SSSR count). The van der Waals surface area contributed by atoms with Gasteiger partial charge in [0.15, 0.2) is 5.82 Å². The lowest BCUT2D eigenvalue weighted by atomic mass is 10.00. The first-order valence-corrected chi connectivity index (χ1v) is 11.2. The molecular formula is C22H26ClN5OS. The molecule has 0 fully saturated rings. The van der Waals surface area contributed by atoms with Crippen LogP contribution in [0.3, 0.4) is 0 Å². The van der Waals surface area contributed by atoms with Crippen molar-refractivity contribution in [3.05, 3.63) is 64.7 Å². The van der Waals surface area contributed by atoms with Gasteiger partial charge in [-0.1, -0.05) is 73.6 Å². The van der Waals surface area contributed by atoms with Gasteiger partial charge < -0.3 is 11.2 Å². The van der Waals surface area contributed by atoms with Crippen LogP contribution in [-0.4, -0.2) is 26.5 Å². The molecule has 1 unspecified atom stereocenters. The number of rotatable bonds is 8. The highest BCUT2D eigenvalue weighted by atomic mass is 35.5. The second-order valence-electron chi connectivity index (χ2n) is 7.60. The number of hydrogen-bond acceptors (Lipinski definition) is 5. The Kier molecular flexibility index (Phi) is 7.39. The highest BCUT2D eigenvalue weighted by Gasteiger charge is 2.15. The Labute approximate surface area is 186 Å². The van der Waals surface area contributed by atoms with E-state index in [1.165, 1.54) is 22.0 Å². The Morgan fingerprint density at radius 1 is 1.17 bits per heavy atom. The first kappa shape index (κ1) is 22.2. The molecule has 0 saturated carbocycles. The minimum absolute atomic E-state index is 0.0797. The van der Waals surface area contributed by atoms with Crippen LogP contribution in [0.15, 0.2) is 53.7 Å². The van der Waals surface area contributed by atoms with Crippen LogP contribution in [0.25, 0.3) is 11.4 Å². The average Bonchev–Trinajstić information content (AvgIpc) is 3.07. The predicted octanol–water partition coefficient (Wildman–Crippen LogP) is 4.48. The molecule has 3 N–H and O–H groups in total. The van der Waals surface area contributed by atoms with Crippen molar-refractivity contribution in [2.75, 3.05) is 11.6 Å². The summed E-state index contributed by atoms with van der Waals surface area (Å²) in [5.41, 5.74) is 3.15. The zero-order chi connectivity index (χ0) is 21.7. The number of nitrogens with zero attached hydrogens (tertiary/aromatic N) is 3. The van der Waals surface area contributed by atoms with Crippen molar-refractivity contribution in [2.24, 2.45) is 5.92 Å². The highest BCUT2D eigenvalue weighted by Crippen LogP contribution is 2.24. The topological polar surface area (TPSA) is 85.8 Å². The van der Waals surface area contributed by atoms with Crippen molar-refractivity contribution in [1.82, 2.24) is 20.2 Å². The Balaban J connectivity index is 1.56. The number of aromatic nitrogens is 3. The van der Waals surface area contributed by atoms with Gasteiger partial charge in [0.1, 0.15) is 0 Å². The van der Waals surface area contributed by atoms with Crippen LogP contribution in [0.5, 0.6) is 0 Å². The van der Waals surface area contributed by atoms with E-state index >= 15 is 0 Å². The number of carbonyl (C=O) groups excluding carboxylic acids is 1. The molecule has 6 nitrogen and oxygen atoms in total. The first-order chi connectivity index (χ1) is 14.3. The van der Waals surface area contributed by atoms with Crippen LogP contribution in [0, 0.1) is 5.92 Å². The van der Waals surface area contributed by atoms with E-state index in [1.807, 2.05) is 19.1 Å². The molecule has 0 aliphatic carbocycles. The van der Waals surface area contributed by atoms with Gasteiger partial charge in [0.05, 0.1) is 11.8 Å². The molecule has 0 aliphatic rings. The van der Waals surface area contributed by atoms with Crippen molar-refractivity contribution >= 4 is 29.3 Å². The molecule has 1 heterocycles. The zero-order valence-electron chi connectivity index (χ0n) is 17.3. The van der Waals surface area contributed by atoms with Crippen LogP contribution in [0.2, 0.25) is 5.02 Å². The van der Waals surface area contributed by atoms with E-state index in [9.17, 15) is 4.79 Å². The van der Waals surface area contributed by atoms with Crippen LogP contribution in [0.1, 0.15) is 37.9 Å². The maximum absolute atomic E-state index is 12.4. The number of nitrogens with one attached hydrogen (secondary N) is 1. The van der Waals surface area contributed by atoms with Crippen molar-refractivity contribution < 1.29 is 4.79 Å². The molecule has 8 heteroatoms. The third-order valence-corrected chi connectivity index (χ3v) is 5.76. The van der Waals surface area contributed by atoms with E-state index in [4.69, 9.17) is 17.4 Å². The summed E-state index contributed by atoms with van der Waals surface area (Å²) in [6, 6.07) is 15.5. The Hall–Kier alpha value is -2.51. The molecule has 0 aliphatic heterocycles. The number of amides is 1. The fourth-order valence-corrected chi connectivity index (χ4v) is 3.97. The molecule has 0 saturated heterocycles. The maximum atomic E-state index is 12.4. The lowest BCUT2D eigenvalue weighted by Gasteiger charge is -2.15. The third-order valence-electron chi connectivity index (χ3n) is 4.58. The SMILES string of the molecule is CC(C)Cc1ccc(C(C)NC(=O)CSc2nnc(-c3cccc(Cl)c3)n2N)cc1. The van der Waals surface area contributed by atoms with Gasteiger partial charge in [-0.15, -0.1) is 10.2 Å². The number of thioether (sulfide) groups is 1. The monoisotopic (exact) mass is 443 g/mol. The van der Waals surface area contributed by atoms with Crippen molar-refractivity contribution in [2.45, 2.75) is 38.4 Å². The maximum Gasteiger partial charge on any atom is 0.230 e. The van der Waals surface area contributed by atoms with Crippen molar-refractivity contribution in [1.29, 1.82) is 0 Å². The Bertz CT molecular complexity index is 1000. The lowest BCUT2D eigenvalue weighted by molar-refractivity contribution is -0.119. The number of nitrogen functional groups attached to an aromatic ring is 1. The Morgan fingerprint density at radius 3 is 2.57 bits per heavy atom. The quantitative estimate of drug-likeness (QED) is 0.396. The number of hydrogen-bond donors (Lipinski definition) is 2. The summed E-state index contributed by atoms with van der Waals surface area (Å²) >= 11 is 7.27. The van der Waals surface area contributed by atoms with Gasteiger partial charge in [0.25, 0.3) is 0 Å². The number of halogens is 1. The largest absolute Gasteiger partial charge is 0.349 e. The minimum Gasteiger partial charge on any atom is -0.349 e. The van der Waals surface area contributed by atoms with Crippen LogP contribution >= 0.6 is 23.4 Å². The van der Waals surface area contributed by atoms with E-state index < -0.39 is 0 Å². The van der Waals surface area contributed by atoms with Gasteiger partial charge in [-0.25, -0.2) is 4.68 Å². The normalized spacial score (nSPS) is 12.2. The number of nitrogens with two attached hydrogens (primary N) is 1. The predicted molar refractivity (Wildman–Crippen MR) is 123 cm³/mol. The fraction of sp³-hybridized carbons (Fsp3) is 0.318. The van der Waals surface area contributed by atoms with Gasteiger partial charge in [0, 0.05) is 10.6 Å². The van der Waals surface area contributed by atoms with E-state index in [0.717, 1.165) is 17.5 Å². The van der Waals surface area contributed by atoms with Crippen LogP contribution < -0.4 is 11.2 Å². The third kappa shape index (κ3) is 5.77.